The van der Waals surface area contributed by atoms with Gasteiger partial charge >= 0.3 is 18.2 Å². The first kappa shape index (κ1) is 44.7. The van der Waals surface area contributed by atoms with Crippen molar-refractivity contribution >= 4 is 46.3 Å². The van der Waals surface area contributed by atoms with Crippen molar-refractivity contribution in [1.82, 2.24) is 29.8 Å². The zero-order chi connectivity index (χ0) is 44.3. The fourth-order valence-electron chi connectivity index (χ4n) is 7.26. The second-order valence-electron chi connectivity index (χ2n) is 15.4. The summed E-state index contributed by atoms with van der Waals surface area (Å²) in [6.07, 6.45) is 3.62. The largest absolute Gasteiger partial charge is 0.477 e. The van der Waals surface area contributed by atoms with Crippen molar-refractivity contribution in [3.8, 4) is 0 Å². The van der Waals surface area contributed by atoms with E-state index in [0.29, 0.717) is 67.9 Å². The number of alkyl carbamates (subject to hydrolysis) is 1. The van der Waals surface area contributed by atoms with Crippen LogP contribution >= 0.6 is 0 Å². The average Bonchev–Trinajstić information content (AvgIpc) is 3.75. The Hall–Kier alpha value is -6.82. The van der Waals surface area contributed by atoms with Gasteiger partial charge in [-0.2, -0.15) is 0 Å². The molecule has 2 aromatic heterocycles. The maximum Gasteiger partial charge on any atom is 0.410 e. The minimum absolute atomic E-state index is 0.0140. The lowest BCUT2D eigenvalue weighted by atomic mass is 10.0. The highest BCUT2D eigenvalue weighted by Crippen LogP contribution is 2.27. The second kappa shape index (κ2) is 20.6. The number of benzene rings is 3. The lowest BCUT2D eigenvalue weighted by Gasteiger charge is -2.35. The first-order valence-electron chi connectivity index (χ1n) is 20.6. The molecule has 2 atom stereocenters. The van der Waals surface area contributed by atoms with Crippen LogP contribution < -0.4 is 26.7 Å². The van der Waals surface area contributed by atoms with Crippen molar-refractivity contribution in [1.29, 1.82) is 0 Å². The molecule has 328 valence electrons. The number of carboxylic acids is 1. The van der Waals surface area contributed by atoms with E-state index in [-0.39, 0.29) is 49.2 Å². The number of carbonyl (C=O) groups excluding carboxylic acids is 3. The van der Waals surface area contributed by atoms with E-state index in [1.807, 2.05) is 44.2 Å². The first-order valence-corrected chi connectivity index (χ1v) is 20.6. The Morgan fingerprint density at radius 2 is 1.61 bits per heavy atom. The van der Waals surface area contributed by atoms with Gasteiger partial charge in [0.05, 0.1) is 23.4 Å². The SMILES string of the molecule is CCn1cc(C(=O)O)c(=O)c2cc(F)c(N3CCN(C(=O)OCc4ccc(NC(=O)C(CCCCN)n5cc([C@@H](NC(=O)OCc6ccccc6)C(C)C)nn5)cc4)CC3)cc21. The molecule has 6 rings (SSSR count). The summed E-state index contributed by atoms with van der Waals surface area (Å²) in [6, 6.07) is 17.6. The number of hydrogen-bond donors (Lipinski definition) is 4. The van der Waals surface area contributed by atoms with Gasteiger partial charge in [-0.25, -0.2) is 23.5 Å². The van der Waals surface area contributed by atoms with E-state index in [2.05, 4.69) is 20.9 Å². The summed E-state index contributed by atoms with van der Waals surface area (Å²) in [5.41, 5.74) is 7.80. The van der Waals surface area contributed by atoms with Gasteiger partial charge in [-0.15, -0.1) is 5.10 Å². The van der Waals surface area contributed by atoms with Crippen molar-refractivity contribution in [2.75, 3.05) is 42.9 Å². The van der Waals surface area contributed by atoms with Crippen LogP contribution in [0.15, 0.2) is 83.9 Å². The van der Waals surface area contributed by atoms with Crippen molar-refractivity contribution < 1.29 is 38.1 Å². The van der Waals surface area contributed by atoms with Gasteiger partial charge in [0.1, 0.15) is 36.3 Å². The van der Waals surface area contributed by atoms with Crippen LogP contribution in [0, 0.1) is 11.7 Å². The third-order valence-electron chi connectivity index (χ3n) is 10.7. The number of hydrogen-bond acceptors (Lipinski definition) is 11. The molecule has 18 heteroatoms. The van der Waals surface area contributed by atoms with Gasteiger partial charge in [0, 0.05) is 50.0 Å². The minimum Gasteiger partial charge on any atom is -0.477 e. The van der Waals surface area contributed by atoms with Crippen LogP contribution in [-0.4, -0.2) is 86.4 Å². The molecule has 0 saturated carbocycles. The molecule has 0 aliphatic carbocycles. The third-order valence-corrected chi connectivity index (χ3v) is 10.7. The van der Waals surface area contributed by atoms with Crippen molar-refractivity contribution in [2.24, 2.45) is 11.7 Å². The van der Waals surface area contributed by atoms with Crippen LogP contribution in [0.1, 0.15) is 79.3 Å². The Labute approximate surface area is 357 Å². The monoisotopic (exact) mass is 853 g/mol. The number of aryl methyl sites for hydroxylation is 1. The molecule has 0 radical (unpaired) electrons. The third kappa shape index (κ3) is 10.9. The van der Waals surface area contributed by atoms with Crippen molar-refractivity contribution in [3.05, 3.63) is 118 Å². The molecular formula is C44H52FN9O8. The molecule has 1 aliphatic rings. The molecule has 3 amide bonds. The lowest BCUT2D eigenvalue weighted by molar-refractivity contribution is -0.119. The van der Waals surface area contributed by atoms with Gasteiger partial charge in [-0.1, -0.05) is 61.5 Å². The first-order chi connectivity index (χ1) is 29.9. The molecule has 1 aliphatic heterocycles. The van der Waals surface area contributed by atoms with Crippen LogP contribution in [0.5, 0.6) is 0 Å². The Balaban J connectivity index is 1.02. The lowest BCUT2D eigenvalue weighted by Crippen LogP contribution is -2.49. The Kier molecular flexibility index (Phi) is 14.9. The number of piperazine rings is 1. The molecule has 1 fully saturated rings. The standard InChI is InChI=1S/C44H52FN9O8/c1-4-51-24-33(42(57)58)40(55)32-22-34(45)38(23-37(32)51)52-18-20-53(21-19-52)44(60)62-27-30-13-15-31(16-14-30)47-41(56)36(12-8-9-17-46)54-25-35(49-50-54)39(28(2)3)48-43(59)61-26-29-10-6-5-7-11-29/h5-7,10-11,13-16,22-25,28,36,39H,4,8-9,12,17-21,26-27,46H2,1-3H3,(H,47,56)(H,48,59)(H,57,58)/t36?,39-/m0/s1. The Morgan fingerprint density at radius 3 is 2.27 bits per heavy atom. The summed E-state index contributed by atoms with van der Waals surface area (Å²) in [4.78, 5) is 67.1. The molecule has 1 saturated heterocycles. The Morgan fingerprint density at radius 1 is 0.919 bits per heavy atom. The number of carboxylic acid groups (broad SMARTS) is 1. The van der Waals surface area contributed by atoms with Crippen LogP contribution in [0.25, 0.3) is 10.9 Å². The highest BCUT2D eigenvalue weighted by Gasteiger charge is 2.28. The van der Waals surface area contributed by atoms with Gasteiger partial charge < -0.3 is 45.3 Å². The fraction of sp³-hybridized carbons (Fsp3) is 0.386. The number of anilines is 2. The normalized spacial score (nSPS) is 13.8. The molecule has 0 spiro atoms. The molecule has 3 heterocycles. The molecule has 0 bridgehead atoms. The summed E-state index contributed by atoms with van der Waals surface area (Å²) in [7, 11) is 0. The zero-order valence-electron chi connectivity index (χ0n) is 35.0. The molecule has 62 heavy (non-hydrogen) atoms. The zero-order valence-corrected chi connectivity index (χ0v) is 35.0. The molecule has 5 N–H and O–H groups in total. The number of fused-ring (bicyclic) bond motifs is 1. The van der Waals surface area contributed by atoms with Gasteiger partial charge in [-0.3, -0.25) is 9.59 Å². The second-order valence-corrected chi connectivity index (χ2v) is 15.4. The predicted molar refractivity (Wildman–Crippen MR) is 229 cm³/mol. The van der Waals surface area contributed by atoms with Crippen molar-refractivity contribution in [2.45, 2.75) is 71.9 Å². The number of halogens is 1. The average molecular weight is 854 g/mol. The molecule has 3 aromatic carbocycles. The van der Waals surface area contributed by atoms with E-state index >= 15 is 4.39 Å². The highest BCUT2D eigenvalue weighted by atomic mass is 19.1. The number of unbranched alkanes of at least 4 members (excludes halogenated alkanes) is 1. The topological polar surface area (TPSA) is 216 Å². The Bertz CT molecular complexity index is 2420. The quantitative estimate of drug-likeness (QED) is 0.0812. The summed E-state index contributed by atoms with van der Waals surface area (Å²) < 4.78 is 29.5. The van der Waals surface area contributed by atoms with Gasteiger partial charge in [-0.05, 0) is 74.0 Å². The number of ether oxygens (including phenoxy) is 2. The summed E-state index contributed by atoms with van der Waals surface area (Å²) in [5, 5.41) is 23.9. The number of pyridine rings is 1. The van der Waals surface area contributed by atoms with E-state index in [9.17, 15) is 29.1 Å². The van der Waals surface area contributed by atoms with Crippen LogP contribution in [0.3, 0.4) is 0 Å². The number of aromatic nitrogens is 4. The van der Waals surface area contributed by atoms with E-state index in [1.54, 1.807) is 52.9 Å². The van der Waals surface area contributed by atoms with Crippen LogP contribution in [-0.2, 0) is 34.0 Å². The van der Waals surface area contributed by atoms with Gasteiger partial charge in [0.2, 0.25) is 11.3 Å². The van der Waals surface area contributed by atoms with Crippen LogP contribution in [0.4, 0.5) is 25.4 Å². The number of aromatic carboxylic acids is 1. The summed E-state index contributed by atoms with van der Waals surface area (Å²) >= 11 is 0. The maximum absolute atomic E-state index is 15.3. The molecule has 1 unspecified atom stereocenters. The summed E-state index contributed by atoms with van der Waals surface area (Å²) in [5.74, 6) is -2.41. The van der Waals surface area contributed by atoms with Crippen molar-refractivity contribution in [3.63, 3.8) is 0 Å². The number of nitrogens with zero attached hydrogens (tertiary/aromatic N) is 6. The van der Waals surface area contributed by atoms with Crippen LogP contribution in [0.2, 0.25) is 0 Å². The van der Waals surface area contributed by atoms with E-state index < -0.39 is 47.0 Å². The number of nitrogens with one attached hydrogen (secondary N) is 2. The number of rotatable bonds is 17. The van der Waals surface area contributed by atoms with Gasteiger partial charge in [0.25, 0.3) is 0 Å². The molecule has 5 aromatic rings. The van der Waals surface area contributed by atoms with Gasteiger partial charge in [0.15, 0.2) is 0 Å². The highest BCUT2D eigenvalue weighted by molar-refractivity contribution is 5.94. The smallest absolute Gasteiger partial charge is 0.410 e. The van der Waals surface area contributed by atoms with E-state index in [0.717, 1.165) is 11.6 Å². The minimum atomic E-state index is -1.38. The predicted octanol–water partition coefficient (Wildman–Crippen LogP) is 5.84. The van der Waals surface area contributed by atoms with E-state index in [1.165, 1.54) is 15.8 Å². The number of amides is 3. The maximum atomic E-state index is 15.3. The molecular weight excluding hydrogens is 802 g/mol. The number of nitrogens with two attached hydrogens (primary N) is 1. The van der Waals surface area contributed by atoms with E-state index in [4.69, 9.17) is 15.2 Å². The number of carbonyl (C=O) groups is 4. The summed E-state index contributed by atoms with van der Waals surface area (Å²) in [6.45, 7) is 7.74. The molecule has 17 nitrogen and oxygen atoms in total. The fourth-order valence-corrected chi connectivity index (χ4v) is 7.26.